The van der Waals surface area contributed by atoms with Crippen LogP contribution in [0.2, 0.25) is 0 Å². The molecule has 1 rings (SSSR count). The first-order valence-electron chi connectivity index (χ1n) is 4.50. The van der Waals surface area contributed by atoms with Gasteiger partial charge in [0, 0.05) is 6.92 Å². The van der Waals surface area contributed by atoms with E-state index >= 15 is 0 Å². The highest BCUT2D eigenvalue weighted by molar-refractivity contribution is 5.86. The summed E-state index contributed by atoms with van der Waals surface area (Å²) < 4.78 is 4.50. The van der Waals surface area contributed by atoms with E-state index in [0.717, 1.165) is 0 Å². The van der Waals surface area contributed by atoms with Gasteiger partial charge in [0.25, 0.3) is 0 Å². The minimum Gasteiger partial charge on any atom is -0.458 e. The molecule has 15 heavy (non-hydrogen) atoms. The first-order valence-corrected chi connectivity index (χ1v) is 4.50. The molecular formula is C11H12O4. The van der Waals surface area contributed by atoms with Crippen molar-refractivity contribution in [2.45, 2.75) is 13.0 Å². The zero-order chi connectivity index (χ0) is 11.3. The summed E-state index contributed by atoms with van der Waals surface area (Å²) in [6, 6.07) is 8.49. The number of aliphatic hydroxyl groups excluding tert-OH is 1. The number of ether oxygens (including phenoxy) is 1. The van der Waals surface area contributed by atoms with Crippen LogP contribution in [-0.2, 0) is 14.3 Å². The first-order chi connectivity index (χ1) is 7.11. The highest BCUT2D eigenvalue weighted by atomic mass is 16.5. The number of rotatable bonds is 4. The van der Waals surface area contributed by atoms with E-state index in [0.29, 0.717) is 5.56 Å². The lowest BCUT2D eigenvalue weighted by atomic mass is 10.1. The number of carbonyl (C=O) groups excluding carboxylic acids is 2. The Morgan fingerprint density at radius 1 is 1.33 bits per heavy atom. The Balaban J connectivity index is 2.57. The summed E-state index contributed by atoms with van der Waals surface area (Å²) in [6.45, 7) is 0.813. The van der Waals surface area contributed by atoms with Crippen LogP contribution in [0.4, 0.5) is 0 Å². The highest BCUT2D eigenvalue weighted by Gasteiger charge is 2.17. The lowest BCUT2D eigenvalue weighted by Crippen LogP contribution is -2.19. The van der Waals surface area contributed by atoms with Gasteiger partial charge < -0.3 is 9.84 Å². The van der Waals surface area contributed by atoms with Crippen molar-refractivity contribution >= 4 is 11.8 Å². The Kier molecular flexibility index (Phi) is 4.00. The molecule has 1 atom stereocenters. The molecule has 4 nitrogen and oxygen atoms in total. The topological polar surface area (TPSA) is 63.6 Å². The van der Waals surface area contributed by atoms with Crippen LogP contribution in [0.5, 0.6) is 0 Å². The maximum absolute atomic E-state index is 11.3. The Hall–Kier alpha value is -1.68. The van der Waals surface area contributed by atoms with E-state index in [1.165, 1.54) is 6.92 Å². The van der Waals surface area contributed by atoms with E-state index in [-0.39, 0.29) is 0 Å². The van der Waals surface area contributed by atoms with Gasteiger partial charge >= 0.3 is 5.97 Å². The summed E-state index contributed by atoms with van der Waals surface area (Å²) in [7, 11) is 0. The molecule has 0 aromatic heterocycles. The van der Waals surface area contributed by atoms with Crippen molar-refractivity contribution in [1.29, 1.82) is 0 Å². The van der Waals surface area contributed by atoms with Crippen molar-refractivity contribution in [3.8, 4) is 0 Å². The number of hydrogen-bond donors (Lipinski definition) is 1. The van der Waals surface area contributed by atoms with E-state index in [2.05, 4.69) is 4.74 Å². The molecule has 4 heteroatoms. The molecule has 0 spiro atoms. The zero-order valence-corrected chi connectivity index (χ0v) is 8.34. The zero-order valence-electron chi connectivity index (χ0n) is 8.34. The molecule has 0 aliphatic heterocycles. The largest absolute Gasteiger partial charge is 0.458 e. The van der Waals surface area contributed by atoms with Crippen LogP contribution < -0.4 is 0 Å². The fourth-order valence-electron chi connectivity index (χ4n) is 1.07. The summed E-state index contributed by atoms with van der Waals surface area (Å²) in [5.41, 5.74) is 0.495. The van der Waals surface area contributed by atoms with Gasteiger partial charge in [-0.25, -0.2) is 0 Å². The molecule has 0 aliphatic rings. The highest BCUT2D eigenvalue weighted by Crippen LogP contribution is 2.12. The van der Waals surface area contributed by atoms with Gasteiger partial charge in [0.05, 0.1) is 0 Å². The van der Waals surface area contributed by atoms with Crippen molar-refractivity contribution in [2.24, 2.45) is 0 Å². The smallest absolute Gasteiger partial charge is 0.303 e. The first kappa shape index (κ1) is 11.4. The quantitative estimate of drug-likeness (QED) is 0.745. The summed E-state index contributed by atoms with van der Waals surface area (Å²) in [5, 5.41) is 9.56. The van der Waals surface area contributed by atoms with Crippen LogP contribution in [0.3, 0.4) is 0 Å². The van der Waals surface area contributed by atoms with Crippen LogP contribution in [0.1, 0.15) is 18.6 Å². The number of carbonyl (C=O) groups is 2. The molecule has 0 saturated carbocycles. The van der Waals surface area contributed by atoms with E-state index in [9.17, 15) is 14.7 Å². The summed E-state index contributed by atoms with van der Waals surface area (Å²) in [4.78, 5) is 21.8. The van der Waals surface area contributed by atoms with Crippen molar-refractivity contribution in [3.05, 3.63) is 35.9 Å². The van der Waals surface area contributed by atoms with Crippen molar-refractivity contribution in [2.75, 3.05) is 6.61 Å². The van der Waals surface area contributed by atoms with Crippen LogP contribution in [0, 0.1) is 0 Å². The lowest BCUT2D eigenvalue weighted by molar-refractivity contribution is -0.148. The van der Waals surface area contributed by atoms with Gasteiger partial charge in [-0.2, -0.15) is 0 Å². The van der Waals surface area contributed by atoms with Gasteiger partial charge in [0.2, 0.25) is 5.78 Å². The second kappa shape index (κ2) is 5.26. The Morgan fingerprint density at radius 3 is 2.47 bits per heavy atom. The predicted molar refractivity (Wildman–Crippen MR) is 53.0 cm³/mol. The van der Waals surface area contributed by atoms with Gasteiger partial charge in [-0.05, 0) is 5.56 Å². The van der Waals surface area contributed by atoms with E-state index in [1.54, 1.807) is 30.3 Å². The maximum Gasteiger partial charge on any atom is 0.303 e. The lowest BCUT2D eigenvalue weighted by Gasteiger charge is -2.09. The molecule has 1 aromatic carbocycles. The van der Waals surface area contributed by atoms with Gasteiger partial charge in [-0.1, -0.05) is 30.3 Å². The molecular weight excluding hydrogens is 196 g/mol. The third-order valence-electron chi connectivity index (χ3n) is 1.84. The van der Waals surface area contributed by atoms with Gasteiger partial charge in [0.15, 0.2) is 6.61 Å². The fraction of sp³-hybridized carbons (Fsp3) is 0.273. The molecule has 1 aromatic rings. The minimum absolute atomic E-state index is 0.397. The van der Waals surface area contributed by atoms with Crippen molar-refractivity contribution < 1.29 is 19.4 Å². The van der Waals surface area contributed by atoms with Gasteiger partial charge in [0.1, 0.15) is 6.10 Å². The molecule has 0 amide bonds. The molecule has 0 heterocycles. The Labute approximate surface area is 87.5 Å². The third kappa shape index (κ3) is 3.52. The summed E-state index contributed by atoms with van der Waals surface area (Å²) in [6.07, 6.45) is -1.23. The number of esters is 1. The maximum atomic E-state index is 11.3. The summed E-state index contributed by atoms with van der Waals surface area (Å²) >= 11 is 0. The molecule has 0 fully saturated rings. The molecule has 0 bridgehead atoms. The standard InChI is InChI=1S/C11H12O4/c1-8(12)15-7-10(13)11(14)9-5-3-2-4-6-9/h2-6,11,14H,7H2,1H3. The second-order valence-corrected chi connectivity index (χ2v) is 3.06. The average Bonchev–Trinajstić information content (AvgIpc) is 2.26. The molecule has 1 unspecified atom stereocenters. The number of Topliss-reactive ketones (excluding diaryl/α,β-unsaturated/α-hetero) is 1. The Morgan fingerprint density at radius 2 is 1.93 bits per heavy atom. The molecule has 1 N–H and O–H groups in total. The van der Waals surface area contributed by atoms with E-state index < -0.39 is 24.5 Å². The molecule has 0 aliphatic carbocycles. The summed E-state index contributed by atoms with van der Waals surface area (Å²) in [5.74, 6) is -1.07. The number of benzene rings is 1. The van der Waals surface area contributed by atoms with E-state index in [4.69, 9.17) is 0 Å². The number of aliphatic hydroxyl groups is 1. The van der Waals surface area contributed by atoms with Gasteiger partial charge in [-0.15, -0.1) is 0 Å². The van der Waals surface area contributed by atoms with Gasteiger partial charge in [-0.3, -0.25) is 9.59 Å². The predicted octanol–water partition coefficient (Wildman–Crippen LogP) is 0.852. The Bertz CT molecular complexity index is 345. The molecule has 0 radical (unpaired) electrons. The molecule has 80 valence electrons. The second-order valence-electron chi connectivity index (χ2n) is 3.06. The third-order valence-corrected chi connectivity index (χ3v) is 1.84. The normalized spacial score (nSPS) is 11.9. The SMILES string of the molecule is CC(=O)OCC(=O)C(O)c1ccccc1. The minimum atomic E-state index is -1.23. The monoisotopic (exact) mass is 208 g/mol. The van der Waals surface area contributed by atoms with Crippen molar-refractivity contribution in [3.63, 3.8) is 0 Å². The van der Waals surface area contributed by atoms with Crippen LogP contribution in [-0.4, -0.2) is 23.5 Å². The van der Waals surface area contributed by atoms with Crippen LogP contribution >= 0.6 is 0 Å². The molecule has 0 saturated heterocycles. The van der Waals surface area contributed by atoms with Crippen molar-refractivity contribution in [1.82, 2.24) is 0 Å². The van der Waals surface area contributed by atoms with Crippen LogP contribution in [0.25, 0.3) is 0 Å². The number of hydrogen-bond acceptors (Lipinski definition) is 4. The average molecular weight is 208 g/mol. The number of ketones is 1. The fourth-order valence-corrected chi connectivity index (χ4v) is 1.07. The van der Waals surface area contributed by atoms with E-state index in [1.807, 2.05) is 0 Å². The van der Waals surface area contributed by atoms with Crippen LogP contribution in [0.15, 0.2) is 30.3 Å².